The summed E-state index contributed by atoms with van der Waals surface area (Å²) in [6.07, 6.45) is 2.50. The van der Waals surface area contributed by atoms with Crippen molar-refractivity contribution in [2.45, 2.75) is 13.3 Å². The molecule has 0 spiro atoms. The Kier molecular flexibility index (Phi) is 3.72. The first kappa shape index (κ1) is 12.3. The van der Waals surface area contributed by atoms with E-state index in [1.807, 2.05) is 35.9 Å². The molecule has 0 bridgehead atoms. The van der Waals surface area contributed by atoms with Crippen LogP contribution in [0.2, 0.25) is 0 Å². The second kappa shape index (κ2) is 5.44. The SMILES string of the molecule is CC(=O)c1ccc(NCCc2nncn2C)cc1. The average Bonchev–Trinajstić information content (AvgIpc) is 2.76. The molecular weight excluding hydrogens is 228 g/mol. The number of anilines is 1. The number of aromatic nitrogens is 3. The Labute approximate surface area is 106 Å². The molecule has 1 N–H and O–H groups in total. The van der Waals surface area contributed by atoms with E-state index in [1.165, 1.54) is 0 Å². The lowest BCUT2D eigenvalue weighted by Crippen LogP contribution is -2.08. The van der Waals surface area contributed by atoms with Crippen LogP contribution in [-0.2, 0) is 13.5 Å². The van der Waals surface area contributed by atoms with Gasteiger partial charge in [0.25, 0.3) is 0 Å². The standard InChI is InChI=1S/C13H16N4O/c1-10(18)11-3-5-12(6-4-11)14-8-7-13-16-15-9-17(13)2/h3-6,9,14H,7-8H2,1-2H3. The van der Waals surface area contributed by atoms with Crippen molar-refractivity contribution < 1.29 is 4.79 Å². The van der Waals surface area contributed by atoms with E-state index in [2.05, 4.69) is 15.5 Å². The lowest BCUT2D eigenvalue weighted by Gasteiger charge is -2.06. The average molecular weight is 244 g/mol. The topological polar surface area (TPSA) is 59.8 Å². The van der Waals surface area contributed by atoms with Gasteiger partial charge >= 0.3 is 0 Å². The number of hydrogen-bond donors (Lipinski definition) is 1. The molecule has 18 heavy (non-hydrogen) atoms. The molecule has 1 aromatic carbocycles. The van der Waals surface area contributed by atoms with E-state index in [1.54, 1.807) is 13.3 Å². The number of hydrogen-bond acceptors (Lipinski definition) is 4. The van der Waals surface area contributed by atoms with Crippen LogP contribution in [0, 0.1) is 0 Å². The lowest BCUT2D eigenvalue weighted by molar-refractivity contribution is 0.101. The molecule has 0 atom stereocenters. The first-order chi connectivity index (χ1) is 8.66. The van der Waals surface area contributed by atoms with Crippen LogP contribution >= 0.6 is 0 Å². The summed E-state index contributed by atoms with van der Waals surface area (Å²) < 4.78 is 1.90. The van der Waals surface area contributed by atoms with Crippen LogP contribution < -0.4 is 5.32 Å². The largest absolute Gasteiger partial charge is 0.385 e. The van der Waals surface area contributed by atoms with Gasteiger partial charge in [-0.05, 0) is 31.2 Å². The zero-order valence-corrected chi connectivity index (χ0v) is 10.6. The van der Waals surface area contributed by atoms with E-state index in [0.717, 1.165) is 30.0 Å². The first-order valence-electron chi connectivity index (χ1n) is 5.84. The molecule has 5 heteroatoms. The van der Waals surface area contributed by atoms with Gasteiger partial charge in [-0.2, -0.15) is 0 Å². The molecule has 0 amide bonds. The monoisotopic (exact) mass is 244 g/mol. The number of aryl methyl sites for hydroxylation is 1. The minimum Gasteiger partial charge on any atom is -0.385 e. The highest BCUT2D eigenvalue weighted by atomic mass is 16.1. The third-order valence-electron chi connectivity index (χ3n) is 2.77. The Hall–Kier alpha value is -2.17. The molecule has 2 aromatic rings. The van der Waals surface area contributed by atoms with E-state index in [9.17, 15) is 4.79 Å². The molecule has 94 valence electrons. The van der Waals surface area contributed by atoms with Crippen molar-refractivity contribution in [1.82, 2.24) is 14.8 Å². The number of nitrogens with zero attached hydrogens (tertiary/aromatic N) is 3. The lowest BCUT2D eigenvalue weighted by atomic mass is 10.1. The quantitative estimate of drug-likeness (QED) is 0.813. The summed E-state index contributed by atoms with van der Waals surface area (Å²) in [5.41, 5.74) is 1.73. The van der Waals surface area contributed by atoms with Crippen LogP contribution in [0.1, 0.15) is 23.1 Å². The number of nitrogens with one attached hydrogen (secondary N) is 1. The fraction of sp³-hybridized carbons (Fsp3) is 0.308. The van der Waals surface area contributed by atoms with Crippen molar-refractivity contribution in [3.63, 3.8) is 0 Å². The van der Waals surface area contributed by atoms with Gasteiger partial charge in [-0.3, -0.25) is 4.79 Å². The second-order valence-electron chi connectivity index (χ2n) is 4.17. The predicted octanol–water partition coefficient (Wildman–Crippen LogP) is 1.67. The van der Waals surface area contributed by atoms with E-state index in [4.69, 9.17) is 0 Å². The molecule has 0 unspecified atom stereocenters. The van der Waals surface area contributed by atoms with Gasteiger partial charge in [0.2, 0.25) is 0 Å². The number of ketones is 1. The maximum absolute atomic E-state index is 11.1. The zero-order chi connectivity index (χ0) is 13.0. The van der Waals surface area contributed by atoms with Gasteiger partial charge in [0.05, 0.1) is 0 Å². The predicted molar refractivity (Wildman–Crippen MR) is 69.6 cm³/mol. The second-order valence-corrected chi connectivity index (χ2v) is 4.17. The highest BCUT2D eigenvalue weighted by Crippen LogP contribution is 2.10. The van der Waals surface area contributed by atoms with Crippen LogP contribution in [0.4, 0.5) is 5.69 Å². The highest BCUT2D eigenvalue weighted by molar-refractivity contribution is 5.94. The fourth-order valence-electron chi connectivity index (χ4n) is 1.67. The molecule has 0 aliphatic heterocycles. The number of carbonyl (C=O) groups excluding carboxylic acids is 1. The van der Waals surface area contributed by atoms with Crippen molar-refractivity contribution in [3.05, 3.63) is 42.0 Å². The summed E-state index contributed by atoms with van der Waals surface area (Å²) in [5, 5.41) is 11.1. The molecule has 0 radical (unpaired) electrons. The van der Waals surface area contributed by atoms with Gasteiger partial charge in [-0.25, -0.2) is 0 Å². The van der Waals surface area contributed by atoms with Crippen molar-refractivity contribution in [2.24, 2.45) is 7.05 Å². The van der Waals surface area contributed by atoms with Crippen LogP contribution in [0.3, 0.4) is 0 Å². The maximum Gasteiger partial charge on any atom is 0.159 e. The number of benzene rings is 1. The van der Waals surface area contributed by atoms with E-state index < -0.39 is 0 Å². The maximum atomic E-state index is 11.1. The molecular formula is C13H16N4O. The first-order valence-corrected chi connectivity index (χ1v) is 5.84. The highest BCUT2D eigenvalue weighted by Gasteiger charge is 2.01. The van der Waals surface area contributed by atoms with Crippen molar-refractivity contribution in [1.29, 1.82) is 0 Å². The smallest absolute Gasteiger partial charge is 0.159 e. The molecule has 5 nitrogen and oxygen atoms in total. The minimum atomic E-state index is 0.0839. The van der Waals surface area contributed by atoms with Gasteiger partial charge in [0.1, 0.15) is 12.2 Å². The van der Waals surface area contributed by atoms with Crippen LogP contribution in [0.15, 0.2) is 30.6 Å². The summed E-state index contributed by atoms with van der Waals surface area (Å²) in [6.45, 7) is 2.35. The molecule has 0 saturated heterocycles. The Balaban J connectivity index is 1.87. The van der Waals surface area contributed by atoms with Crippen molar-refractivity contribution in [2.75, 3.05) is 11.9 Å². The number of carbonyl (C=O) groups is 1. The molecule has 0 fully saturated rings. The Morgan fingerprint density at radius 2 is 2.06 bits per heavy atom. The minimum absolute atomic E-state index is 0.0839. The molecule has 0 aliphatic rings. The summed E-state index contributed by atoms with van der Waals surface area (Å²) in [4.78, 5) is 11.1. The van der Waals surface area contributed by atoms with Crippen molar-refractivity contribution in [3.8, 4) is 0 Å². The van der Waals surface area contributed by atoms with Gasteiger partial charge in [0.15, 0.2) is 5.78 Å². The summed E-state index contributed by atoms with van der Waals surface area (Å²) in [7, 11) is 1.93. The molecule has 2 rings (SSSR count). The Bertz CT molecular complexity index is 530. The molecule has 1 aromatic heterocycles. The van der Waals surface area contributed by atoms with Gasteiger partial charge in [-0.15, -0.1) is 10.2 Å². The number of Topliss-reactive ketones (excluding diaryl/α,β-unsaturated/α-hetero) is 1. The van der Waals surface area contributed by atoms with Crippen LogP contribution in [0.5, 0.6) is 0 Å². The fourth-order valence-corrected chi connectivity index (χ4v) is 1.67. The Morgan fingerprint density at radius 3 is 2.61 bits per heavy atom. The number of rotatable bonds is 5. The van der Waals surface area contributed by atoms with Crippen molar-refractivity contribution >= 4 is 11.5 Å². The molecule has 0 aliphatic carbocycles. The third kappa shape index (κ3) is 2.94. The van der Waals surface area contributed by atoms with E-state index in [-0.39, 0.29) is 5.78 Å². The van der Waals surface area contributed by atoms with Gasteiger partial charge < -0.3 is 9.88 Å². The third-order valence-corrected chi connectivity index (χ3v) is 2.77. The normalized spacial score (nSPS) is 10.3. The zero-order valence-electron chi connectivity index (χ0n) is 10.6. The van der Waals surface area contributed by atoms with E-state index >= 15 is 0 Å². The molecule has 0 saturated carbocycles. The summed E-state index contributed by atoms with van der Waals surface area (Å²) in [6, 6.07) is 7.47. The van der Waals surface area contributed by atoms with Gasteiger partial charge in [-0.1, -0.05) is 0 Å². The summed E-state index contributed by atoms with van der Waals surface area (Å²) in [5.74, 6) is 1.03. The van der Waals surface area contributed by atoms with E-state index in [0.29, 0.717) is 0 Å². The van der Waals surface area contributed by atoms with Crippen LogP contribution in [0.25, 0.3) is 0 Å². The Morgan fingerprint density at radius 1 is 1.33 bits per heavy atom. The summed E-state index contributed by atoms with van der Waals surface area (Å²) >= 11 is 0. The van der Waals surface area contributed by atoms with Crippen LogP contribution in [-0.4, -0.2) is 27.1 Å². The van der Waals surface area contributed by atoms with Gasteiger partial charge in [0, 0.05) is 31.3 Å². The molecule has 1 heterocycles.